The lowest BCUT2D eigenvalue weighted by Crippen LogP contribution is -2.08. The maximum Gasteiger partial charge on any atom is 0.0806 e. The predicted octanol–water partition coefficient (Wildman–Crippen LogP) is 4.07. The third-order valence-corrected chi connectivity index (χ3v) is 3.56. The SMILES string of the molecule is CC(Nc1ccc(Br)c(Cl)c1)c1cnccn1. The lowest BCUT2D eigenvalue weighted by atomic mass is 10.2. The van der Waals surface area contributed by atoms with E-state index in [2.05, 4.69) is 31.2 Å². The highest BCUT2D eigenvalue weighted by molar-refractivity contribution is 9.10. The number of nitrogens with one attached hydrogen (secondary N) is 1. The van der Waals surface area contributed by atoms with E-state index in [9.17, 15) is 0 Å². The molecular weight excluding hydrogens is 302 g/mol. The van der Waals surface area contributed by atoms with Crippen LogP contribution in [0.4, 0.5) is 5.69 Å². The Morgan fingerprint density at radius 2 is 2.18 bits per heavy atom. The van der Waals surface area contributed by atoms with Crippen LogP contribution in [0.25, 0.3) is 0 Å². The summed E-state index contributed by atoms with van der Waals surface area (Å²) in [6.07, 6.45) is 5.09. The first-order valence-electron chi connectivity index (χ1n) is 5.14. The van der Waals surface area contributed by atoms with Crippen molar-refractivity contribution < 1.29 is 0 Å². The van der Waals surface area contributed by atoms with E-state index in [1.54, 1.807) is 18.6 Å². The van der Waals surface area contributed by atoms with Gasteiger partial charge in [0, 0.05) is 22.6 Å². The number of anilines is 1. The molecule has 0 saturated heterocycles. The van der Waals surface area contributed by atoms with Crippen LogP contribution in [0.2, 0.25) is 5.02 Å². The van der Waals surface area contributed by atoms with E-state index < -0.39 is 0 Å². The lowest BCUT2D eigenvalue weighted by Gasteiger charge is -2.14. The summed E-state index contributed by atoms with van der Waals surface area (Å²) >= 11 is 9.39. The van der Waals surface area contributed by atoms with Gasteiger partial charge in [0.1, 0.15) is 0 Å². The van der Waals surface area contributed by atoms with E-state index >= 15 is 0 Å². The molecule has 88 valence electrons. The van der Waals surface area contributed by atoms with Gasteiger partial charge in [0.2, 0.25) is 0 Å². The number of hydrogen-bond donors (Lipinski definition) is 1. The molecule has 2 rings (SSSR count). The summed E-state index contributed by atoms with van der Waals surface area (Å²) < 4.78 is 0.886. The van der Waals surface area contributed by atoms with Gasteiger partial charge < -0.3 is 5.32 Å². The summed E-state index contributed by atoms with van der Waals surface area (Å²) in [5.41, 5.74) is 1.85. The Morgan fingerprint density at radius 1 is 1.35 bits per heavy atom. The van der Waals surface area contributed by atoms with Crippen LogP contribution < -0.4 is 5.32 Å². The van der Waals surface area contributed by atoms with Crippen LogP contribution in [0.3, 0.4) is 0 Å². The molecule has 0 fully saturated rings. The standard InChI is InChI=1S/C12H11BrClN3/c1-8(12-7-15-4-5-16-12)17-9-2-3-10(13)11(14)6-9/h2-8,17H,1H3. The minimum atomic E-state index is 0.0842. The molecule has 0 aliphatic carbocycles. The molecule has 5 heteroatoms. The fourth-order valence-corrected chi connectivity index (χ4v) is 1.87. The van der Waals surface area contributed by atoms with Crippen LogP contribution in [0.5, 0.6) is 0 Å². The fourth-order valence-electron chi connectivity index (χ4n) is 1.44. The molecule has 2 aromatic rings. The van der Waals surface area contributed by atoms with E-state index in [1.807, 2.05) is 25.1 Å². The van der Waals surface area contributed by atoms with Gasteiger partial charge in [-0.1, -0.05) is 11.6 Å². The van der Waals surface area contributed by atoms with Crippen molar-refractivity contribution in [3.05, 3.63) is 52.0 Å². The first kappa shape index (κ1) is 12.3. The van der Waals surface area contributed by atoms with Gasteiger partial charge in [0.15, 0.2) is 0 Å². The maximum absolute atomic E-state index is 6.03. The first-order valence-corrected chi connectivity index (χ1v) is 6.31. The van der Waals surface area contributed by atoms with Crippen molar-refractivity contribution in [2.45, 2.75) is 13.0 Å². The van der Waals surface area contributed by atoms with Crippen molar-refractivity contribution >= 4 is 33.2 Å². The Kier molecular flexibility index (Phi) is 3.97. The van der Waals surface area contributed by atoms with Crippen LogP contribution in [0.15, 0.2) is 41.3 Å². The van der Waals surface area contributed by atoms with Gasteiger partial charge >= 0.3 is 0 Å². The number of aromatic nitrogens is 2. The molecule has 0 saturated carbocycles. The Hall–Kier alpha value is -1.13. The molecule has 3 nitrogen and oxygen atoms in total. The van der Waals surface area contributed by atoms with Gasteiger partial charge in [0.25, 0.3) is 0 Å². The number of benzene rings is 1. The second kappa shape index (κ2) is 5.47. The zero-order chi connectivity index (χ0) is 12.3. The Morgan fingerprint density at radius 3 is 2.82 bits per heavy atom. The summed E-state index contributed by atoms with van der Waals surface area (Å²) in [7, 11) is 0. The van der Waals surface area contributed by atoms with E-state index in [4.69, 9.17) is 11.6 Å². The minimum Gasteiger partial charge on any atom is -0.377 e. The normalized spacial score (nSPS) is 12.2. The van der Waals surface area contributed by atoms with Crippen LogP contribution >= 0.6 is 27.5 Å². The number of rotatable bonds is 3. The highest BCUT2D eigenvalue weighted by atomic mass is 79.9. The summed E-state index contributed by atoms with van der Waals surface area (Å²) in [6.45, 7) is 2.03. The zero-order valence-electron chi connectivity index (χ0n) is 9.19. The highest BCUT2D eigenvalue weighted by Gasteiger charge is 2.07. The van der Waals surface area contributed by atoms with Crippen molar-refractivity contribution in [1.82, 2.24) is 9.97 Å². The quantitative estimate of drug-likeness (QED) is 0.928. The number of nitrogens with zero attached hydrogens (tertiary/aromatic N) is 2. The molecule has 17 heavy (non-hydrogen) atoms. The molecule has 0 spiro atoms. The van der Waals surface area contributed by atoms with E-state index in [1.165, 1.54) is 0 Å². The Labute approximate surface area is 113 Å². The van der Waals surface area contributed by atoms with E-state index in [0.29, 0.717) is 5.02 Å². The van der Waals surface area contributed by atoms with Gasteiger partial charge in [-0.2, -0.15) is 0 Å². The van der Waals surface area contributed by atoms with Gasteiger partial charge in [0.05, 0.1) is 23.0 Å². The van der Waals surface area contributed by atoms with Gasteiger partial charge in [-0.3, -0.25) is 9.97 Å². The molecule has 0 aliphatic heterocycles. The lowest BCUT2D eigenvalue weighted by molar-refractivity contribution is 0.827. The highest BCUT2D eigenvalue weighted by Crippen LogP contribution is 2.27. The van der Waals surface area contributed by atoms with Gasteiger partial charge in [-0.25, -0.2) is 0 Å². The van der Waals surface area contributed by atoms with Gasteiger partial charge in [-0.15, -0.1) is 0 Å². The summed E-state index contributed by atoms with van der Waals surface area (Å²) in [5, 5.41) is 4.00. The molecule has 0 bridgehead atoms. The second-order valence-corrected chi connectivity index (χ2v) is 4.89. The van der Waals surface area contributed by atoms with E-state index in [0.717, 1.165) is 15.9 Å². The third kappa shape index (κ3) is 3.17. The molecule has 1 N–H and O–H groups in total. The van der Waals surface area contributed by atoms with Crippen LogP contribution in [-0.4, -0.2) is 9.97 Å². The fraction of sp³-hybridized carbons (Fsp3) is 0.167. The summed E-state index contributed by atoms with van der Waals surface area (Å²) in [4.78, 5) is 8.29. The molecular formula is C12H11BrClN3. The molecule has 1 aromatic carbocycles. The average molecular weight is 313 g/mol. The van der Waals surface area contributed by atoms with Crippen molar-refractivity contribution in [3.63, 3.8) is 0 Å². The molecule has 0 radical (unpaired) electrons. The van der Waals surface area contributed by atoms with Crippen molar-refractivity contribution in [2.75, 3.05) is 5.32 Å². The predicted molar refractivity (Wildman–Crippen MR) is 73.2 cm³/mol. The zero-order valence-corrected chi connectivity index (χ0v) is 11.5. The molecule has 1 unspecified atom stereocenters. The average Bonchev–Trinajstić information content (AvgIpc) is 2.35. The summed E-state index contributed by atoms with van der Waals surface area (Å²) in [5.74, 6) is 0. The smallest absolute Gasteiger partial charge is 0.0806 e. The molecule has 1 heterocycles. The first-order chi connectivity index (χ1) is 8.16. The molecule has 0 amide bonds. The maximum atomic E-state index is 6.03. The number of halogens is 2. The third-order valence-electron chi connectivity index (χ3n) is 2.33. The summed E-state index contributed by atoms with van der Waals surface area (Å²) in [6, 6.07) is 5.83. The molecule has 1 aromatic heterocycles. The molecule has 0 aliphatic rings. The van der Waals surface area contributed by atoms with Crippen LogP contribution in [-0.2, 0) is 0 Å². The van der Waals surface area contributed by atoms with Crippen molar-refractivity contribution in [1.29, 1.82) is 0 Å². The monoisotopic (exact) mass is 311 g/mol. The topological polar surface area (TPSA) is 37.8 Å². The van der Waals surface area contributed by atoms with Crippen molar-refractivity contribution in [3.8, 4) is 0 Å². The second-order valence-electron chi connectivity index (χ2n) is 3.63. The van der Waals surface area contributed by atoms with Gasteiger partial charge in [-0.05, 0) is 41.1 Å². The van der Waals surface area contributed by atoms with Crippen molar-refractivity contribution in [2.24, 2.45) is 0 Å². The van der Waals surface area contributed by atoms with E-state index in [-0.39, 0.29) is 6.04 Å². The van der Waals surface area contributed by atoms with Crippen LogP contribution in [0, 0.1) is 0 Å². The minimum absolute atomic E-state index is 0.0842. The Bertz CT molecular complexity index is 504. The number of hydrogen-bond acceptors (Lipinski definition) is 3. The molecule has 1 atom stereocenters. The largest absolute Gasteiger partial charge is 0.377 e. The Balaban J connectivity index is 2.13. The van der Waals surface area contributed by atoms with Crippen LogP contribution in [0.1, 0.15) is 18.7 Å².